The fraction of sp³-hybridized carbons (Fsp3) is 0.192. The van der Waals surface area contributed by atoms with Gasteiger partial charge in [0.15, 0.2) is 5.65 Å². The van der Waals surface area contributed by atoms with Gasteiger partial charge < -0.3 is 10.2 Å². The average Bonchev–Trinajstić information content (AvgIpc) is 3.53. The number of anilines is 2. The lowest BCUT2D eigenvalue weighted by Crippen LogP contribution is -2.34. The molecule has 1 unspecified atom stereocenters. The minimum absolute atomic E-state index is 0.00767. The molecule has 1 amide bonds. The van der Waals surface area contributed by atoms with Gasteiger partial charge in [-0.1, -0.05) is 35.9 Å². The first-order valence-corrected chi connectivity index (χ1v) is 13.1. The Kier molecular flexibility index (Phi) is 5.85. The van der Waals surface area contributed by atoms with Gasteiger partial charge in [0.25, 0.3) is 5.56 Å². The van der Waals surface area contributed by atoms with Crippen molar-refractivity contribution in [2.45, 2.75) is 25.3 Å². The van der Waals surface area contributed by atoms with Crippen molar-refractivity contribution in [3.63, 3.8) is 0 Å². The van der Waals surface area contributed by atoms with Crippen LogP contribution in [0.25, 0.3) is 22.5 Å². The molecule has 0 spiro atoms. The number of nitrogens with one attached hydrogen (secondary N) is 1. The Bertz CT molecular complexity index is 1710. The number of thioether (sulfide) groups is 1. The molecule has 1 aliphatic heterocycles. The highest BCUT2D eigenvalue weighted by molar-refractivity contribution is 8.00. The molecule has 1 atom stereocenters. The van der Waals surface area contributed by atoms with E-state index in [0.717, 1.165) is 11.3 Å². The maximum atomic E-state index is 13.4. The SMILES string of the molecule is CC(C)N1C(=O)CSC1c1ccc(Nc2ncc3c(=O)n(-c4ccccc4Cl)c4nccn4c3n2)cc1. The van der Waals surface area contributed by atoms with E-state index in [-0.39, 0.29) is 22.9 Å². The Morgan fingerprint density at radius 2 is 1.86 bits per heavy atom. The number of benzene rings is 2. The van der Waals surface area contributed by atoms with Gasteiger partial charge >= 0.3 is 0 Å². The Hall–Kier alpha value is -3.89. The molecular weight excluding hydrogens is 510 g/mol. The molecule has 1 aliphatic rings. The number of hydrogen-bond donors (Lipinski definition) is 1. The highest BCUT2D eigenvalue weighted by Gasteiger charge is 2.34. The van der Waals surface area contributed by atoms with Crippen LogP contribution in [0.4, 0.5) is 11.6 Å². The van der Waals surface area contributed by atoms with Gasteiger partial charge in [-0.25, -0.2) is 14.5 Å². The normalized spacial score (nSPS) is 15.8. The van der Waals surface area contributed by atoms with Gasteiger partial charge in [-0.3, -0.25) is 14.0 Å². The summed E-state index contributed by atoms with van der Waals surface area (Å²) in [4.78, 5) is 41.1. The zero-order valence-corrected chi connectivity index (χ0v) is 21.6. The van der Waals surface area contributed by atoms with Crippen molar-refractivity contribution in [1.29, 1.82) is 0 Å². The third kappa shape index (κ3) is 4.02. The topological polar surface area (TPSA) is 97.4 Å². The van der Waals surface area contributed by atoms with Crippen LogP contribution in [0.15, 0.2) is 71.9 Å². The molecule has 6 rings (SSSR count). The summed E-state index contributed by atoms with van der Waals surface area (Å²) in [7, 11) is 0. The van der Waals surface area contributed by atoms with Crippen LogP contribution in [-0.2, 0) is 4.79 Å². The quantitative estimate of drug-likeness (QED) is 0.347. The summed E-state index contributed by atoms with van der Waals surface area (Å²) in [5, 5.41) is 4.00. The summed E-state index contributed by atoms with van der Waals surface area (Å²) >= 11 is 8.03. The average molecular weight is 532 g/mol. The molecule has 0 bridgehead atoms. The third-order valence-electron chi connectivity index (χ3n) is 6.26. The summed E-state index contributed by atoms with van der Waals surface area (Å²) in [5.74, 6) is 1.41. The van der Waals surface area contributed by atoms with Crippen LogP contribution in [-0.4, -0.2) is 46.5 Å². The number of fused-ring (bicyclic) bond motifs is 3. The van der Waals surface area contributed by atoms with Gasteiger partial charge in [-0.2, -0.15) is 4.98 Å². The molecule has 1 N–H and O–H groups in total. The Balaban J connectivity index is 1.35. The first-order valence-electron chi connectivity index (χ1n) is 11.7. The van der Waals surface area contributed by atoms with E-state index in [1.165, 1.54) is 10.8 Å². The van der Waals surface area contributed by atoms with E-state index >= 15 is 0 Å². The smallest absolute Gasteiger partial charge is 0.270 e. The number of para-hydroxylation sites is 1. The van der Waals surface area contributed by atoms with Crippen LogP contribution in [0, 0.1) is 0 Å². The summed E-state index contributed by atoms with van der Waals surface area (Å²) in [6.45, 7) is 4.06. The van der Waals surface area contributed by atoms with E-state index < -0.39 is 0 Å². The summed E-state index contributed by atoms with van der Waals surface area (Å²) in [5.41, 5.74) is 2.52. The highest BCUT2D eigenvalue weighted by atomic mass is 35.5. The lowest BCUT2D eigenvalue weighted by molar-refractivity contribution is -0.129. The Morgan fingerprint density at radius 1 is 1.08 bits per heavy atom. The molecule has 0 saturated carbocycles. The standard InChI is InChI=1S/C26H22ClN7O2S/c1-15(2)33-21(35)14-37-24(33)16-7-9-17(10-8-16)30-25-29-13-18-22(31-25)32-12-11-28-26(32)34(23(18)36)20-6-4-3-5-19(20)27/h3-13,15,24H,14H2,1-2H3,(H,29,30,31). The number of imidazole rings is 1. The molecule has 11 heteroatoms. The Morgan fingerprint density at radius 3 is 2.62 bits per heavy atom. The minimum Gasteiger partial charge on any atom is -0.324 e. The van der Waals surface area contributed by atoms with Crippen LogP contribution in [0.5, 0.6) is 0 Å². The summed E-state index contributed by atoms with van der Waals surface area (Å²) in [6, 6.07) is 15.1. The summed E-state index contributed by atoms with van der Waals surface area (Å²) in [6.07, 6.45) is 4.87. The van der Waals surface area contributed by atoms with Crippen molar-refractivity contribution < 1.29 is 4.79 Å². The molecular formula is C26H22ClN7O2S. The second kappa shape index (κ2) is 9.20. The first kappa shape index (κ1) is 23.5. The van der Waals surface area contributed by atoms with E-state index in [4.69, 9.17) is 11.6 Å². The van der Waals surface area contributed by atoms with Crippen LogP contribution in [0.3, 0.4) is 0 Å². The molecule has 3 aromatic heterocycles. The fourth-order valence-electron chi connectivity index (χ4n) is 4.57. The van der Waals surface area contributed by atoms with Crippen LogP contribution in [0.2, 0.25) is 5.02 Å². The number of rotatable bonds is 5. The molecule has 37 heavy (non-hydrogen) atoms. The predicted octanol–water partition coefficient (Wildman–Crippen LogP) is 4.81. The zero-order valence-electron chi connectivity index (χ0n) is 20.0. The fourth-order valence-corrected chi connectivity index (χ4v) is 6.11. The minimum atomic E-state index is -0.309. The number of halogens is 1. The highest BCUT2D eigenvalue weighted by Crippen LogP contribution is 2.40. The van der Waals surface area contributed by atoms with Gasteiger partial charge in [-0.05, 0) is 43.7 Å². The largest absolute Gasteiger partial charge is 0.324 e. The molecule has 0 aliphatic carbocycles. The van der Waals surface area contributed by atoms with Crippen LogP contribution < -0.4 is 10.9 Å². The summed E-state index contributed by atoms with van der Waals surface area (Å²) < 4.78 is 3.21. The van der Waals surface area contributed by atoms with Crippen molar-refractivity contribution in [2.75, 3.05) is 11.1 Å². The predicted molar refractivity (Wildman–Crippen MR) is 146 cm³/mol. The van der Waals surface area contributed by atoms with E-state index in [1.54, 1.807) is 46.8 Å². The molecule has 4 heterocycles. The van der Waals surface area contributed by atoms with Gasteiger partial charge in [0.05, 0.1) is 16.5 Å². The zero-order chi connectivity index (χ0) is 25.7. The van der Waals surface area contributed by atoms with Crippen molar-refractivity contribution in [3.05, 3.63) is 88.1 Å². The van der Waals surface area contributed by atoms with Crippen molar-refractivity contribution >= 4 is 57.7 Å². The maximum Gasteiger partial charge on any atom is 0.270 e. The number of carbonyl (C=O) groups is 1. The molecule has 9 nitrogen and oxygen atoms in total. The van der Waals surface area contributed by atoms with Gasteiger partial charge in [-0.15, -0.1) is 11.8 Å². The molecule has 0 radical (unpaired) electrons. The molecule has 5 aromatic rings. The number of hydrogen-bond acceptors (Lipinski definition) is 7. The van der Waals surface area contributed by atoms with Crippen molar-refractivity contribution in [1.82, 2.24) is 28.8 Å². The van der Waals surface area contributed by atoms with E-state index in [9.17, 15) is 9.59 Å². The van der Waals surface area contributed by atoms with Gasteiger partial charge in [0.1, 0.15) is 10.8 Å². The Labute approximate surface area is 221 Å². The lowest BCUT2D eigenvalue weighted by atomic mass is 10.1. The second-order valence-electron chi connectivity index (χ2n) is 8.93. The maximum absolute atomic E-state index is 13.4. The first-order chi connectivity index (χ1) is 17.9. The lowest BCUT2D eigenvalue weighted by Gasteiger charge is -2.28. The number of aromatic nitrogens is 5. The molecule has 1 saturated heterocycles. The van der Waals surface area contributed by atoms with Gasteiger partial charge in [0, 0.05) is 30.3 Å². The van der Waals surface area contributed by atoms with E-state index in [2.05, 4.69) is 20.3 Å². The monoisotopic (exact) mass is 531 g/mol. The third-order valence-corrected chi connectivity index (χ3v) is 7.81. The molecule has 186 valence electrons. The van der Waals surface area contributed by atoms with Crippen LogP contribution >= 0.6 is 23.4 Å². The number of carbonyl (C=O) groups excluding carboxylic acids is 1. The number of nitrogens with zero attached hydrogens (tertiary/aromatic N) is 6. The number of amides is 1. The van der Waals surface area contributed by atoms with Gasteiger partial charge in [0.2, 0.25) is 17.6 Å². The van der Waals surface area contributed by atoms with E-state index in [1.807, 2.05) is 49.1 Å². The molecule has 2 aromatic carbocycles. The van der Waals surface area contributed by atoms with Crippen LogP contribution in [0.1, 0.15) is 24.8 Å². The second-order valence-corrected chi connectivity index (χ2v) is 10.4. The van der Waals surface area contributed by atoms with Crippen molar-refractivity contribution in [3.8, 4) is 5.69 Å². The van der Waals surface area contributed by atoms with E-state index in [0.29, 0.717) is 39.2 Å². The molecule has 1 fully saturated rings. The van der Waals surface area contributed by atoms with Crippen molar-refractivity contribution in [2.24, 2.45) is 0 Å².